The molecule has 2 nitrogen and oxygen atoms in total. The molecule has 1 saturated carbocycles. The third-order valence-electron chi connectivity index (χ3n) is 2.51. The molecular formula is C7H14N2. The molecule has 0 spiro atoms. The van der Waals surface area contributed by atoms with Crippen LogP contribution in [0.15, 0.2) is 0 Å². The molecule has 3 atom stereocenters. The number of nitrogens with two attached hydrogens (primary N) is 1. The molecular weight excluding hydrogens is 112 g/mol. The highest BCUT2D eigenvalue weighted by Crippen LogP contribution is 2.34. The molecule has 3 N–H and O–H groups in total. The molecule has 0 radical (unpaired) electrons. The lowest BCUT2D eigenvalue weighted by atomic mass is 10.1. The van der Waals surface area contributed by atoms with Crippen molar-refractivity contribution in [1.29, 1.82) is 0 Å². The van der Waals surface area contributed by atoms with E-state index in [4.69, 9.17) is 5.73 Å². The Morgan fingerprint density at radius 3 is 2.67 bits per heavy atom. The zero-order valence-corrected chi connectivity index (χ0v) is 5.64. The van der Waals surface area contributed by atoms with E-state index in [9.17, 15) is 0 Å². The highest BCUT2D eigenvalue weighted by Gasteiger charge is 2.40. The molecule has 1 heterocycles. The summed E-state index contributed by atoms with van der Waals surface area (Å²) in [6, 6.07) is 1.31. The highest BCUT2D eigenvalue weighted by atomic mass is 15.0. The van der Waals surface area contributed by atoms with Crippen molar-refractivity contribution in [3.63, 3.8) is 0 Å². The van der Waals surface area contributed by atoms with Gasteiger partial charge >= 0.3 is 0 Å². The molecule has 0 aromatic carbocycles. The van der Waals surface area contributed by atoms with E-state index in [0.717, 1.165) is 12.0 Å². The molecule has 0 aromatic heterocycles. The first kappa shape index (κ1) is 5.69. The maximum absolute atomic E-state index is 5.71. The van der Waals surface area contributed by atoms with E-state index in [2.05, 4.69) is 5.32 Å². The first-order chi connectivity index (χ1) is 4.38. The van der Waals surface area contributed by atoms with E-state index in [-0.39, 0.29) is 0 Å². The molecule has 52 valence electrons. The second-order valence-corrected chi connectivity index (χ2v) is 3.27. The Bertz CT molecular complexity index is 107. The minimum atomic E-state index is 0.528. The molecule has 2 rings (SSSR count). The van der Waals surface area contributed by atoms with Gasteiger partial charge in [-0.2, -0.15) is 0 Å². The van der Waals surface area contributed by atoms with Gasteiger partial charge < -0.3 is 11.1 Å². The van der Waals surface area contributed by atoms with Gasteiger partial charge in [0.25, 0.3) is 0 Å². The lowest BCUT2D eigenvalue weighted by molar-refractivity contribution is 0.527. The summed E-state index contributed by atoms with van der Waals surface area (Å²) in [4.78, 5) is 0. The van der Waals surface area contributed by atoms with Crippen LogP contribution in [-0.4, -0.2) is 18.6 Å². The van der Waals surface area contributed by atoms with Gasteiger partial charge in [0.2, 0.25) is 0 Å². The van der Waals surface area contributed by atoms with E-state index in [1.165, 1.54) is 25.8 Å². The zero-order valence-electron chi connectivity index (χ0n) is 5.64. The van der Waals surface area contributed by atoms with Gasteiger partial charge in [0.1, 0.15) is 0 Å². The molecule has 1 aliphatic heterocycles. The van der Waals surface area contributed by atoms with Crippen molar-refractivity contribution in [2.24, 2.45) is 11.7 Å². The molecule has 9 heavy (non-hydrogen) atoms. The Morgan fingerprint density at radius 1 is 1.44 bits per heavy atom. The molecule has 0 aromatic rings. The van der Waals surface area contributed by atoms with E-state index in [1.807, 2.05) is 0 Å². The van der Waals surface area contributed by atoms with Crippen molar-refractivity contribution in [1.82, 2.24) is 5.32 Å². The van der Waals surface area contributed by atoms with Crippen LogP contribution in [0.25, 0.3) is 0 Å². The largest absolute Gasteiger partial charge is 0.327 e. The smallest absolute Gasteiger partial charge is 0.0111 e. The maximum atomic E-state index is 5.71. The Morgan fingerprint density at radius 2 is 2.22 bits per heavy atom. The van der Waals surface area contributed by atoms with Gasteiger partial charge in [-0.25, -0.2) is 0 Å². The van der Waals surface area contributed by atoms with Gasteiger partial charge in [-0.05, 0) is 31.7 Å². The number of rotatable bonds is 1. The van der Waals surface area contributed by atoms with Crippen molar-refractivity contribution in [3.8, 4) is 0 Å². The fraction of sp³-hybridized carbons (Fsp3) is 1.00. The third kappa shape index (κ3) is 0.970. The van der Waals surface area contributed by atoms with Crippen LogP contribution < -0.4 is 11.1 Å². The normalized spacial score (nSPS) is 49.7. The summed E-state index contributed by atoms with van der Waals surface area (Å²) in [5, 5.41) is 3.47. The second kappa shape index (κ2) is 1.96. The first-order valence-electron chi connectivity index (χ1n) is 3.87. The van der Waals surface area contributed by atoms with Crippen molar-refractivity contribution in [3.05, 3.63) is 0 Å². The fourth-order valence-electron chi connectivity index (χ4n) is 1.78. The van der Waals surface area contributed by atoms with Crippen molar-refractivity contribution >= 4 is 0 Å². The van der Waals surface area contributed by atoms with Crippen LogP contribution in [0.3, 0.4) is 0 Å². The molecule has 2 aliphatic rings. The number of nitrogens with one attached hydrogen (secondary N) is 1. The van der Waals surface area contributed by atoms with Gasteiger partial charge in [0, 0.05) is 12.1 Å². The van der Waals surface area contributed by atoms with Crippen LogP contribution in [0.2, 0.25) is 0 Å². The molecule has 1 aliphatic carbocycles. The lowest BCUT2D eigenvalue weighted by Gasteiger charge is -2.06. The monoisotopic (exact) mass is 126 g/mol. The summed E-state index contributed by atoms with van der Waals surface area (Å²) in [7, 11) is 0. The average Bonchev–Trinajstić information content (AvgIpc) is 2.44. The van der Waals surface area contributed by atoms with Gasteiger partial charge in [0.05, 0.1) is 0 Å². The van der Waals surface area contributed by atoms with Crippen molar-refractivity contribution in [2.75, 3.05) is 6.54 Å². The zero-order chi connectivity index (χ0) is 6.27. The van der Waals surface area contributed by atoms with Gasteiger partial charge in [-0.3, -0.25) is 0 Å². The van der Waals surface area contributed by atoms with Crippen LogP contribution >= 0.6 is 0 Å². The Hall–Kier alpha value is -0.0800. The Kier molecular flexibility index (Phi) is 1.24. The van der Waals surface area contributed by atoms with E-state index in [0.29, 0.717) is 6.04 Å². The van der Waals surface area contributed by atoms with Crippen LogP contribution in [0.5, 0.6) is 0 Å². The minimum absolute atomic E-state index is 0.528. The summed E-state index contributed by atoms with van der Waals surface area (Å²) >= 11 is 0. The van der Waals surface area contributed by atoms with Gasteiger partial charge in [0.15, 0.2) is 0 Å². The fourth-order valence-corrected chi connectivity index (χ4v) is 1.78. The molecule has 1 saturated heterocycles. The van der Waals surface area contributed by atoms with Gasteiger partial charge in [-0.1, -0.05) is 0 Å². The summed E-state index contributed by atoms with van der Waals surface area (Å²) in [6.07, 6.45) is 3.98. The Labute approximate surface area is 55.8 Å². The number of hydrogen-bond acceptors (Lipinski definition) is 2. The van der Waals surface area contributed by atoms with Crippen LogP contribution in [0.4, 0.5) is 0 Å². The third-order valence-corrected chi connectivity index (χ3v) is 2.51. The Balaban J connectivity index is 1.85. The topological polar surface area (TPSA) is 38.0 Å². The standard InChI is InChI=1S/C7H14N2/c8-6-4-5(6)7-2-1-3-9-7/h5-7,9H,1-4,8H2/t5-,6-,7?/m0/s1. The van der Waals surface area contributed by atoms with Crippen LogP contribution in [-0.2, 0) is 0 Å². The summed E-state index contributed by atoms with van der Waals surface area (Å²) < 4.78 is 0. The quantitative estimate of drug-likeness (QED) is 0.522. The van der Waals surface area contributed by atoms with Gasteiger partial charge in [-0.15, -0.1) is 0 Å². The lowest BCUT2D eigenvalue weighted by Crippen LogP contribution is -2.26. The second-order valence-electron chi connectivity index (χ2n) is 3.27. The molecule has 2 fully saturated rings. The molecule has 0 amide bonds. The predicted octanol–water partition coefficient (Wildman–Crippen LogP) is 0.0856. The first-order valence-corrected chi connectivity index (χ1v) is 3.87. The van der Waals surface area contributed by atoms with E-state index in [1.54, 1.807) is 0 Å². The van der Waals surface area contributed by atoms with Crippen molar-refractivity contribution < 1.29 is 0 Å². The molecule has 2 heteroatoms. The predicted molar refractivity (Wildman–Crippen MR) is 37.1 cm³/mol. The van der Waals surface area contributed by atoms with Crippen molar-refractivity contribution in [2.45, 2.75) is 31.3 Å². The molecule has 0 bridgehead atoms. The molecule has 1 unspecified atom stereocenters. The number of hydrogen-bond donors (Lipinski definition) is 2. The van der Waals surface area contributed by atoms with Crippen LogP contribution in [0.1, 0.15) is 19.3 Å². The summed E-state index contributed by atoms with van der Waals surface area (Å²) in [6.45, 7) is 1.22. The van der Waals surface area contributed by atoms with Crippen LogP contribution in [0, 0.1) is 5.92 Å². The summed E-state index contributed by atoms with van der Waals surface area (Å²) in [5.41, 5.74) is 5.71. The minimum Gasteiger partial charge on any atom is -0.327 e. The maximum Gasteiger partial charge on any atom is 0.0111 e. The van der Waals surface area contributed by atoms with E-state index >= 15 is 0 Å². The van der Waals surface area contributed by atoms with E-state index < -0.39 is 0 Å². The average molecular weight is 126 g/mol. The SMILES string of the molecule is N[C@H]1C[C@@H]1C1CCCN1. The highest BCUT2D eigenvalue weighted by molar-refractivity contribution is 4.99. The summed E-state index contributed by atoms with van der Waals surface area (Å²) in [5.74, 6) is 0.826.